The predicted molar refractivity (Wildman–Crippen MR) is 71.4 cm³/mol. The molecular formula is C14H16N4. The van der Waals surface area contributed by atoms with Crippen LogP contribution >= 0.6 is 0 Å². The number of benzene rings is 1. The molecule has 3 N–H and O–H groups in total. The number of amidine groups is 1. The molecule has 0 spiro atoms. The topological polar surface area (TPSA) is 67.7 Å². The van der Waals surface area contributed by atoms with E-state index in [1.807, 2.05) is 18.2 Å². The van der Waals surface area contributed by atoms with Gasteiger partial charge in [0, 0.05) is 30.6 Å². The van der Waals surface area contributed by atoms with Crippen LogP contribution in [0.25, 0.3) is 11.3 Å². The fourth-order valence-corrected chi connectivity index (χ4v) is 2.45. The zero-order valence-electron chi connectivity index (χ0n) is 10.1. The van der Waals surface area contributed by atoms with E-state index in [9.17, 15) is 0 Å². The van der Waals surface area contributed by atoms with Gasteiger partial charge in [0.05, 0.1) is 11.5 Å². The Morgan fingerprint density at radius 1 is 1.33 bits per heavy atom. The molecule has 2 aromatic rings. The van der Waals surface area contributed by atoms with E-state index in [0.29, 0.717) is 0 Å². The highest BCUT2D eigenvalue weighted by Crippen LogP contribution is 2.24. The molecular weight excluding hydrogens is 224 g/mol. The van der Waals surface area contributed by atoms with Crippen LogP contribution in [0.1, 0.15) is 12.2 Å². The first-order valence-electron chi connectivity index (χ1n) is 6.19. The summed E-state index contributed by atoms with van der Waals surface area (Å²) in [4.78, 5) is 4.67. The molecule has 4 nitrogen and oxygen atoms in total. The predicted octanol–water partition coefficient (Wildman–Crippen LogP) is 2.05. The monoisotopic (exact) mass is 240 g/mol. The molecule has 2 heterocycles. The number of nitrogens with one attached hydrogen (secondary N) is 1. The van der Waals surface area contributed by atoms with Crippen LogP contribution in [0, 0.1) is 11.3 Å². The Bertz CT molecular complexity index is 571. The van der Waals surface area contributed by atoms with Gasteiger partial charge in [0.15, 0.2) is 0 Å². The highest BCUT2D eigenvalue weighted by molar-refractivity contribution is 5.79. The van der Waals surface area contributed by atoms with Gasteiger partial charge in [-0.05, 0) is 6.42 Å². The molecule has 1 unspecified atom stereocenters. The van der Waals surface area contributed by atoms with Crippen molar-refractivity contribution in [3.8, 4) is 11.3 Å². The van der Waals surface area contributed by atoms with Crippen LogP contribution in [-0.2, 0) is 13.0 Å². The van der Waals surface area contributed by atoms with Crippen LogP contribution in [0.15, 0.2) is 36.5 Å². The van der Waals surface area contributed by atoms with Gasteiger partial charge in [-0.1, -0.05) is 30.3 Å². The molecule has 0 amide bonds. The number of hydrogen-bond acceptors (Lipinski definition) is 2. The van der Waals surface area contributed by atoms with Gasteiger partial charge in [0.1, 0.15) is 5.82 Å². The van der Waals surface area contributed by atoms with Crippen molar-refractivity contribution in [1.29, 1.82) is 5.41 Å². The lowest BCUT2D eigenvalue weighted by Gasteiger charge is -2.22. The second-order valence-corrected chi connectivity index (χ2v) is 4.75. The molecule has 0 saturated carbocycles. The largest absolute Gasteiger partial charge is 0.387 e. The zero-order valence-corrected chi connectivity index (χ0v) is 10.1. The number of rotatable bonds is 2. The van der Waals surface area contributed by atoms with E-state index in [0.717, 1.165) is 36.5 Å². The summed E-state index contributed by atoms with van der Waals surface area (Å²) in [5.74, 6) is 1.55. The lowest BCUT2D eigenvalue weighted by Crippen LogP contribution is -2.30. The summed E-state index contributed by atoms with van der Waals surface area (Å²) < 4.78 is 2.14. The van der Waals surface area contributed by atoms with Crippen LogP contribution in [0.5, 0.6) is 0 Å². The molecule has 1 aliphatic rings. The van der Waals surface area contributed by atoms with E-state index in [-0.39, 0.29) is 11.8 Å². The van der Waals surface area contributed by atoms with E-state index >= 15 is 0 Å². The van der Waals surface area contributed by atoms with Gasteiger partial charge in [0.2, 0.25) is 0 Å². The number of aromatic nitrogens is 2. The molecule has 3 rings (SSSR count). The van der Waals surface area contributed by atoms with Crippen molar-refractivity contribution in [2.24, 2.45) is 11.7 Å². The van der Waals surface area contributed by atoms with Crippen molar-refractivity contribution in [2.75, 3.05) is 0 Å². The number of imidazole rings is 1. The van der Waals surface area contributed by atoms with Crippen molar-refractivity contribution in [3.05, 3.63) is 42.4 Å². The van der Waals surface area contributed by atoms with Gasteiger partial charge < -0.3 is 10.3 Å². The van der Waals surface area contributed by atoms with E-state index in [1.165, 1.54) is 0 Å². The van der Waals surface area contributed by atoms with E-state index < -0.39 is 0 Å². The lowest BCUT2D eigenvalue weighted by atomic mass is 9.99. The third kappa shape index (κ3) is 1.90. The molecule has 0 fully saturated rings. The van der Waals surface area contributed by atoms with Crippen molar-refractivity contribution >= 4 is 5.84 Å². The first-order chi connectivity index (χ1) is 8.74. The first-order valence-corrected chi connectivity index (χ1v) is 6.19. The maximum atomic E-state index is 7.55. The molecule has 0 bridgehead atoms. The lowest BCUT2D eigenvalue weighted by molar-refractivity contribution is 0.448. The average Bonchev–Trinajstić information content (AvgIpc) is 2.82. The Morgan fingerprint density at radius 3 is 2.83 bits per heavy atom. The van der Waals surface area contributed by atoms with E-state index in [4.69, 9.17) is 11.1 Å². The smallest absolute Gasteiger partial charge is 0.109 e. The first kappa shape index (κ1) is 11.0. The SMILES string of the molecule is N=C(N)C1CCc2nc(-c3ccccc3)cn2C1. The minimum absolute atomic E-state index is 0.162. The standard InChI is InChI=1S/C14H16N4/c15-14(16)11-6-7-13-17-12(9-18(13)8-11)10-4-2-1-3-5-10/h1-5,9,11H,6-8H2,(H3,15,16). The van der Waals surface area contributed by atoms with Crippen LogP contribution < -0.4 is 5.73 Å². The summed E-state index contributed by atoms with van der Waals surface area (Å²) in [6, 6.07) is 10.2. The number of fused-ring (bicyclic) bond motifs is 1. The summed E-state index contributed by atoms with van der Waals surface area (Å²) >= 11 is 0. The minimum Gasteiger partial charge on any atom is -0.387 e. The molecule has 0 radical (unpaired) electrons. The number of aryl methyl sites for hydroxylation is 1. The summed E-state index contributed by atoms with van der Waals surface area (Å²) in [6.07, 6.45) is 3.90. The van der Waals surface area contributed by atoms with Crippen LogP contribution in [0.4, 0.5) is 0 Å². The summed E-state index contributed by atoms with van der Waals surface area (Å²) in [5.41, 5.74) is 7.74. The highest BCUT2D eigenvalue weighted by atomic mass is 15.1. The second kappa shape index (κ2) is 4.29. The van der Waals surface area contributed by atoms with Gasteiger partial charge >= 0.3 is 0 Å². The molecule has 1 aromatic heterocycles. The fraction of sp³-hybridized carbons (Fsp3) is 0.286. The van der Waals surface area contributed by atoms with Gasteiger partial charge in [-0.2, -0.15) is 0 Å². The van der Waals surface area contributed by atoms with Gasteiger partial charge in [0.25, 0.3) is 0 Å². The van der Waals surface area contributed by atoms with E-state index in [2.05, 4.69) is 27.9 Å². The van der Waals surface area contributed by atoms with Crippen molar-refractivity contribution < 1.29 is 0 Å². The Balaban J connectivity index is 1.92. The number of hydrogen-bond donors (Lipinski definition) is 2. The fourth-order valence-electron chi connectivity index (χ4n) is 2.45. The Kier molecular flexibility index (Phi) is 2.63. The Labute approximate surface area is 106 Å². The molecule has 1 aliphatic heterocycles. The molecule has 1 atom stereocenters. The molecule has 1 aromatic carbocycles. The third-order valence-corrected chi connectivity index (χ3v) is 3.50. The molecule has 4 heteroatoms. The number of nitrogens with two attached hydrogens (primary N) is 1. The maximum absolute atomic E-state index is 7.55. The zero-order chi connectivity index (χ0) is 12.5. The van der Waals surface area contributed by atoms with Gasteiger partial charge in [-0.25, -0.2) is 4.98 Å². The summed E-state index contributed by atoms with van der Waals surface area (Å²) in [7, 11) is 0. The molecule has 18 heavy (non-hydrogen) atoms. The van der Waals surface area contributed by atoms with Crippen LogP contribution in [0.2, 0.25) is 0 Å². The second-order valence-electron chi connectivity index (χ2n) is 4.75. The molecule has 0 saturated heterocycles. The normalized spacial score (nSPS) is 18.3. The minimum atomic E-state index is 0.162. The molecule has 92 valence electrons. The van der Waals surface area contributed by atoms with Crippen LogP contribution in [-0.4, -0.2) is 15.4 Å². The molecule has 0 aliphatic carbocycles. The van der Waals surface area contributed by atoms with Crippen molar-refractivity contribution in [1.82, 2.24) is 9.55 Å². The highest BCUT2D eigenvalue weighted by Gasteiger charge is 2.22. The van der Waals surface area contributed by atoms with Crippen molar-refractivity contribution in [3.63, 3.8) is 0 Å². The summed E-state index contributed by atoms with van der Waals surface area (Å²) in [5, 5.41) is 7.55. The van der Waals surface area contributed by atoms with Gasteiger partial charge in [-0.15, -0.1) is 0 Å². The Morgan fingerprint density at radius 2 is 2.11 bits per heavy atom. The summed E-state index contributed by atoms with van der Waals surface area (Å²) in [6.45, 7) is 0.782. The maximum Gasteiger partial charge on any atom is 0.109 e. The third-order valence-electron chi connectivity index (χ3n) is 3.50. The average molecular weight is 240 g/mol. The quantitative estimate of drug-likeness (QED) is 0.623. The van der Waals surface area contributed by atoms with Crippen molar-refractivity contribution in [2.45, 2.75) is 19.4 Å². The van der Waals surface area contributed by atoms with E-state index in [1.54, 1.807) is 0 Å². The number of nitrogens with zero attached hydrogens (tertiary/aromatic N) is 2. The van der Waals surface area contributed by atoms with Crippen LogP contribution in [0.3, 0.4) is 0 Å². The Hall–Kier alpha value is -2.10. The van der Waals surface area contributed by atoms with Gasteiger partial charge in [-0.3, -0.25) is 5.41 Å².